The molecule has 0 fully saturated rings. The molecular formula is C11H21N3O. The molecule has 0 saturated heterocycles. The van der Waals surface area contributed by atoms with Gasteiger partial charge in [0.25, 0.3) is 0 Å². The van der Waals surface area contributed by atoms with Crippen LogP contribution in [0.3, 0.4) is 0 Å². The Balaban J connectivity index is 2.05. The Bertz CT molecular complexity index is 236. The highest BCUT2D eigenvalue weighted by Crippen LogP contribution is 1.93. The van der Waals surface area contributed by atoms with E-state index >= 15 is 0 Å². The maximum atomic E-state index is 5.12. The number of hydrogen-bond donors (Lipinski definition) is 1. The summed E-state index contributed by atoms with van der Waals surface area (Å²) >= 11 is 0. The van der Waals surface area contributed by atoms with Gasteiger partial charge >= 0.3 is 0 Å². The van der Waals surface area contributed by atoms with Crippen LogP contribution in [0.2, 0.25) is 0 Å². The lowest BCUT2D eigenvalue weighted by molar-refractivity contribution is 0.164. The number of ether oxygens (including phenoxy) is 1. The van der Waals surface area contributed by atoms with E-state index in [1.54, 1.807) is 7.11 Å². The Morgan fingerprint density at radius 2 is 2.40 bits per heavy atom. The molecule has 0 bridgehead atoms. The lowest BCUT2D eigenvalue weighted by atomic mass is 10.2. The molecular weight excluding hydrogens is 190 g/mol. The standard InChI is InChI=1S/C11H21N3O/c1-3-11(9-15-2)13-5-4-7-14-8-6-12-10-14/h6,8,10-11,13H,3-5,7,9H2,1-2H3. The van der Waals surface area contributed by atoms with E-state index in [4.69, 9.17) is 4.74 Å². The first kappa shape index (κ1) is 12.2. The Kier molecular flexibility index (Phi) is 6.04. The van der Waals surface area contributed by atoms with Crippen molar-refractivity contribution in [2.24, 2.45) is 0 Å². The zero-order valence-corrected chi connectivity index (χ0v) is 9.65. The SMILES string of the molecule is CCC(COC)NCCCn1ccnc1. The van der Waals surface area contributed by atoms with Crippen LogP contribution in [0.1, 0.15) is 19.8 Å². The summed E-state index contributed by atoms with van der Waals surface area (Å²) in [7, 11) is 1.75. The second kappa shape index (κ2) is 7.43. The third-order valence-electron chi connectivity index (χ3n) is 2.45. The highest BCUT2D eigenvalue weighted by atomic mass is 16.5. The number of aromatic nitrogens is 2. The van der Waals surface area contributed by atoms with Gasteiger partial charge in [0.1, 0.15) is 0 Å². The monoisotopic (exact) mass is 211 g/mol. The molecule has 1 N–H and O–H groups in total. The predicted octanol–water partition coefficient (Wildman–Crippen LogP) is 1.29. The number of hydrogen-bond acceptors (Lipinski definition) is 3. The maximum Gasteiger partial charge on any atom is 0.0945 e. The van der Waals surface area contributed by atoms with Gasteiger partial charge in [-0.3, -0.25) is 0 Å². The van der Waals surface area contributed by atoms with Crippen LogP contribution in [0.25, 0.3) is 0 Å². The van der Waals surface area contributed by atoms with Crippen LogP contribution in [-0.2, 0) is 11.3 Å². The topological polar surface area (TPSA) is 39.1 Å². The average Bonchev–Trinajstić information content (AvgIpc) is 2.75. The van der Waals surface area contributed by atoms with Gasteiger partial charge in [0, 0.05) is 32.1 Å². The summed E-state index contributed by atoms with van der Waals surface area (Å²) in [5.41, 5.74) is 0. The normalized spacial score (nSPS) is 12.9. The van der Waals surface area contributed by atoms with E-state index in [0.29, 0.717) is 6.04 Å². The Hall–Kier alpha value is -0.870. The number of rotatable bonds is 8. The van der Waals surface area contributed by atoms with E-state index in [0.717, 1.165) is 32.5 Å². The van der Waals surface area contributed by atoms with E-state index in [1.165, 1.54) is 0 Å². The van der Waals surface area contributed by atoms with E-state index in [1.807, 2.05) is 18.7 Å². The van der Waals surface area contributed by atoms with Gasteiger partial charge in [-0.1, -0.05) is 6.92 Å². The van der Waals surface area contributed by atoms with Crippen molar-refractivity contribution in [1.82, 2.24) is 14.9 Å². The minimum Gasteiger partial charge on any atom is -0.383 e. The molecule has 1 unspecified atom stereocenters. The van der Waals surface area contributed by atoms with Crippen molar-refractivity contribution in [2.45, 2.75) is 32.4 Å². The van der Waals surface area contributed by atoms with Crippen molar-refractivity contribution in [2.75, 3.05) is 20.3 Å². The van der Waals surface area contributed by atoms with Crippen LogP contribution < -0.4 is 5.32 Å². The van der Waals surface area contributed by atoms with Crippen molar-refractivity contribution in [1.29, 1.82) is 0 Å². The molecule has 86 valence electrons. The lowest BCUT2D eigenvalue weighted by Crippen LogP contribution is -2.33. The zero-order valence-electron chi connectivity index (χ0n) is 9.65. The number of nitrogens with zero attached hydrogens (tertiary/aromatic N) is 2. The van der Waals surface area contributed by atoms with E-state index in [9.17, 15) is 0 Å². The fourth-order valence-electron chi connectivity index (χ4n) is 1.51. The first-order valence-corrected chi connectivity index (χ1v) is 5.55. The quantitative estimate of drug-likeness (QED) is 0.659. The number of aryl methyl sites for hydroxylation is 1. The molecule has 0 aliphatic heterocycles. The number of methoxy groups -OCH3 is 1. The number of imidazole rings is 1. The molecule has 4 nitrogen and oxygen atoms in total. The van der Waals surface area contributed by atoms with E-state index in [-0.39, 0.29) is 0 Å². The second-order valence-electron chi connectivity index (χ2n) is 3.67. The van der Waals surface area contributed by atoms with Crippen molar-refractivity contribution in [3.63, 3.8) is 0 Å². The molecule has 0 spiro atoms. The van der Waals surface area contributed by atoms with Gasteiger partial charge in [-0.05, 0) is 19.4 Å². The van der Waals surface area contributed by atoms with Crippen molar-refractivity contribution < 1.29 is 4.74 Å². The van der Waals surface area contributed by atoms with Gasteiger partial charge in [-0.25, -0.2) is 4.98 Å². The van der Waals surface area contributed by atoms with Gasteiger partial charge < -0.3 is 14.6 Å². The summed E-state index contributed by atoms with van der Waals surface area (Å²) in [5.74, 6) is 0. The van der Waals surface area contributed by atoms with Gasteiger partial charge in [0.2, 0.25) is 0 Å². The summed E-state index contributed by atoms with van der Waals surface area (Å²) in [4.78, 5) is 4.00. The first-order valence-electron chi connectivity index (χ1n) is 5.55. The largest absolute Gasteiger partial charge is 0.383 e. The zero-order chi connectivity index (χ0) is 10.9. The van der Waals surface area contributed by atoms with Gasteiger partial charge in [0.05, 0.1) is 12.9 Å². The molecule has 1 heterocycles. The summed E-state index contributed by atoms with van der Waals surface area (Å²) in [6.45, 7) is 5.02. The predicted molar refractivity (Wildman–Crippen MR) is 60.8 cm³/mol. The summed E-state index contributed by atoms with van der Waals surface area (Å²) in [6.07, 6.45) is 7.89. The first-order chi connectivity index (χ1) is 7.36. The van der Waals surface area contributed by atoms with Crippen LogP contribution in [0.5, 0.6) is 0 Å². The molecule has 1 rings (SSSR count). The molecule has 1 aromatic heterocycles. The molecule has 4 heteroatoms. The highest BCUT2D eigenvalue weighted by Gasteiger charge is 2.03. The van der Waals surface area contributed by atoms with Crippen molar-refractivity contribution in [3.05, 3.63) is 18.7 Å². The molecule has 0 aliphatic carbocycles. The van der Waals surface area contributed by atoms with Gasteiger partial charge in [0.15, 0.2) is 0 Å². The molecule has 0 aliphatic rings. The second-order valence-corrected chi connectivity index (χ2v) is 3.67. The Morgan fingerprint density at radius 1 is 1.53 bits per heavy atom. The summed E-state index contributed by atoms with van der Waals surface area (Å²) in [5, 5.41) is 3.47. The van der Waals surface area contributed by atoms with Gasteiger partial charge in [-0.15, -0.1) is 0 Å². The van der Waals surface area contributed by atoms with Crippen LogP contribution >= 0.6 is 0 Å². The minimum atomic E-state index is 0.484. The van der Waals surface area contributed by atoms with Gasteiger partial charge in [-0.2, -0.15) is 0 Å². The molecule has 0 aromatic carbocycles. The summed E-state index contributed by atoms with van der Waals surface area (Å²) < 4.78 is 7.22. The fraction of sp³-hybridized carbons (Fsp3) is 0.727. The minimum absolute atomic E-state index is 0.484. The lowest BCUT2D eigenvalue weighted by Gasteiger charge is -2.15. The van der Waals surface area contributed by atoms with Crippen LogP contribution in [0, 0.1) is 0 Å². The molecule has 1 aromatic rings. The van der Waals surface area contributed by atoms with Crippen LogP contribution in [-0.4, -0.2) is 35.9 Å². The van der Waals surface area contributed by atoms with E-state index < -0.39 is 0 Å². The average molecular weight is 211 g/mol. The van der Waals surface area contributed by atoms with E-state index in [2.05, 4.69) is 21.8 Å². The Morgan fingerprint density at radius 3 is 3.00 bits per heavy atom. The molecule has 0 saturated carbocycles. The third-order valence-corrected chi connectivity index (χ3v) is 2.45. The van der Waals surface area contributed by atoms with Crippen molar-refractivity contribution in [3.8, 4) is 0 Å². The maximum absolute atomic E-state index is 5.12. The Labute approximate surface area is 91.7 Å². The summed E-state index contributed by atoms with van der Waals surface area (Å²) in [6, 6.07) is 0.484. The molecule has 0 radical (unpaired) electrons. The third kappa shape index (κ3) is 4.95. The van der Waals surface area contributed by atoms with Crippen LogP contribution in [0.4, 0.5) is 0 Å². The fourth-order valence-corrected chi connectivity index (χ4v) is 1.51. The smallest absolute Gasteiger partial charge is 0.0945 e. The number of nitrogens with one attached hydrogen (secondary N) is 1. The molecule has 0 amide bonds. The van der Waals surface area contributed by atoms with Crippen molar-refractivity contribution >= 4 is 0 Å². The molecule has 15 heavy (non-hydrogen) atoms. The highest BCUT2D eigenvalue weighted by molar-refractivity contribution is 4.74. The van der Waals surface area contributed by atoms with Crippen LogP contribution in [0.15, 0.2) is 18.7 Å². The molecule has 1 atom stereocenters.